The van der Waals surface area contributed by atoms with Gasteiger partial charge in [-0.2, -0.15) is 4.98 Å². The Morgan fingerprint density at radius 1 is 1.38 bits per heavy atom. The van der Waals surface area contributed by atoms with Crippen LogP contribution >= 0.6 is 0 Å². The fraction of sp³-hybridized carbons (Fsp3) is 0.800. The topological polar surface area (TPSA) is 88.2 Å². The van der Waals surface area contributed by atoms with Crippen LogP contribution in [0.25, 0.3) is 0 Å². The van der Waals surface area contributed by atoms with E-state index in [4.69, 9.17) is 4.52 Å². The van der Waals surface area contributed by atoms with Gasteiger partial charge in [0.25, 0.3) is 0 Å². The van der Waals surface area contributed by atoms with Gasteiger partial charge in [0, 0.05) is 5.41 Å². The number of carboxylic acid groups (broad SMARTS) is 1. The van der Waals surface area contributed by atoms with Crippen molar-refractivity contribution in [1.29, 1.82) is 0 Å². The fourth-order valence-corrected chi connectivity index (χ4v) is 2.78. The molecule has 0 aromatic carbocycles. The number of carbonyl (C=O) groups is 1. The quantitative estimate of drug-likeness (QED) is 0.867. The Bertz CT molecular complexity index is 479. The molecule has 1 heterocycles. The number of nitrogens with one attached hydrogen (secondary N) is 1. The minimum Gasteiger partial charge on any atom is -0.481 e. The van der Waals surface area contributed by atoms with E-state index in [9.17, 15) is 9.90 Å². The first-order valence-electron chi connectivity index (χ1n) is 7.64. The van der Waals surface area contributed by atoms with E-state index in [1.165, 1.54) is 0 Å². The molecule has 2 unspecified atom stereocenters. The van der Waals surface area contributed by atoms with E-state index >= 15 is 0 Å². The summed E-state index contributed by atoms with van der Waals surface area (Å²) in [5, 5.41) is 16.5. The SMILES string of the molecule is CC(C)(C)c1nc(CNCC2CCCCC2C(=O)O)no1. The second-order valence-corrected chi connectivity index (χ2v) is 6.89. The van der Waals surface area contributed by atoms with Crippen LogP contribution < -0.4 is 5.32 Å². The molecule has 118 valence electrons. The highest BCUT2D eigenvalue weighted by molar-refractivity contribution is 5.70. The Hall–Kier alpha value is -1.43. The Morgan fingerprint density at radius 3 is 2.71 bits per heavy atom. The molecule has 0 aliphatic heterocycles. The summed E-state index contributed by atoms with van der Waals surface area (Å²) >= 11 is 0. The molecule has 1 aromatic rings. The Morgan fingerprint density at radius 2 is 2.10 bits per heavy atom. The van der Waals surface area contributed by atoms with Crippen molar-refractivity contribution in [3.05, 3.63) is 11.7 Å². The molecule has 2 N–H and O–H groups in total. The first-order chi connectivity index (χ1) is 9.88. The van der Waals surface area contributed by atoms with Crippen LogP contribution in [0.1, 0.15) is 58.2 Å². The predicted molar refractivity (Wildman–Crippen MR) is 77.8 cm³/mol. The lowest BCUT2D eigenvalue weighted by Crippen LogP contribution is -2.34. The van der Waals surface area contributed by atoms with Gasteiger partial charge in [0.2, 0.25) is 5.89 Å². The smallest absolute Gasteiger partial charge is 0.306 e. The maximum Gasteiger partial charge on any atom is 0.306 e. The van der Waals surface area contributed by atoms with Gasteiger partial charge in [-0.05, 0) is 25.3 Å². The van der Waals surface area contributed by atoms with Crippen LogP contribution in [0.4, 0.5) is 0 Å². The molecule has 0 spiro atoms. The summed E-state index contributed by atoms with van der Waals surface area (Å²) < 4.78 is 5.24. The molecular formula is C15H25N3O3. The summed E-state index contributed by atoms with van der Waals surface area (Å²) in [6, 6.07) is 0. The lowest BCUT2D eigenvalue weighted by Gasteiger charge is -2.28. The maximum atomic E-state index is 11.2. The second-order valence-electron chi connectivity index (χ2n) is 6.89. The van der Waals surface area contributed by atoms with E-state index in [0.29, 0.717) is 24.8 Å². The molecule has 2 rings (SSSR count). The van der Waals surface area contributed by atoms with Crippen molar-refractivity contribution in [2.75, 3.05) is 6.54 Å². The van der Waals surface area contributed by atoms with Crippen LogP contribution in [0.15, 0.2) is 4.52 Å². The summed E-state index contributed by atoms with van der Waals surface area (Å²) in [4.78, 5) is 15.6. The van der Waals surface area contributed by atoms with E-state index in [-0.39, 0.29) is 17.3 Å². The lowest BCUT2D eigenvalue weighted by molar-refractivity contribution is -0.144. The molecule has 1 aliphatic rings. The first-order valence-corrected chi connectivity index (χ1v) is 7.64. The van der Waals surface area contributed by atoms with Crippen molar-refractivity contribution in [2.24, 2.45) is 11.8 Å². The van der Waals surface area contributed by atoms with Gasteiger partial charge in [-0.3, -0.25) is 4.79 Å². The van der Waals surface area contributed by atoms with E-state index in [0.717, 1.165) is 25.7 Å². The molecule has 0 radical (unpaired) electrons. The van der Waals surface area contributed by atoms with Crippen LogP contribution in [0, 0.1) is 11.8 Å². The monoisotopic (exact) mass is 295 g/mol. The highest BCUT2D eigenvalue weighted by atomic mass is 16.5. The van der Waals surface area contributed by atoms with Crippen molar-refractivity contribution >= 4 is 5.97 Å². The molecule has 0 bridgehead atoms. The first kappa shape index (κ1) is 15.9. The summed E-state index contributed by atoms with van der Waals surface area (Å²) in [7, 11) is 0. The van der Waals surface area contributed by atoms with Crippen LogP contribution in [0.5, 0.6) is 0 Å². The number of nitrogens with zero attached hydrogens (tertiary/aromatic N) is 2. The highest BCUT2D eigenvalue weighted by Crippen LogP contribution is 2.29. The standard InChI is InChI=1S/C15H25N3O3/c1-15(2,3)14-17-12(18-21-14)9-16-8-10-6-4-5-7-11(10)13(19)20/h10-11,16H,4-9H2,1-3H3,(H,19,20). The number of carboxylic acids is 1. The number of aliphatic carboxylic acids is 1. The number of aromatic nitrogens is 2. The van der Waals surface area contributed by atoms with Gasteiger partial charge in [0.1, 0.15) is 0 Å². The normalized spacial score (nSPS) is 23.2. The third kappa shape index (κ3) is 4.27. The van der Waals surface area contributed by atoms with Crippen molar-refractivity contribution in [3.63, 3.8) is 0 Å². The average molecular weight is 295 g/mol. The largest absolute Gasteiger partial charge is 0.481 e. The third-order valence-corrected chi connectivity index (χ3v) is 4.03. The summed E-state index contributed by atoms with van der Waals surface area (Å²) in [5.74, 6) is 0.561. The average Bonchev–Trinajstić information content (AvgIpc) is 2.88. The maximum absolute atomic E-state index is 11.2. The van der Waals surface area contributed by atoms with E-state index < -0.39 is 5.97 Å². The van der Waals surface area contributed by atoms with Crippen molar-refractivity contribution in [1.82, 2.24) is 15.5 Å². The van der Waals surface area contributed by atoms with Gasteiger partial charge in [0.15, 0.2) is 5.82 Å². The zero-order chi connectivity index (χ0) is 15.5. The van der Waals surface area contributed by atoms with Crippen LogP contribution in [0.3, 0.4) is 0 Å². The lowest BCUT2D eigenvalue weighted by atomic mass is 9.79. The summed E-state index contributed by atoms with van der Waals surface area (Å²) in [6.45, 7) is 7.28. The summed E-state index contributed by atoms with van der Waals surface area (Å²) in [5.41, 5.74) is -0.150. The Balaban J connectivity index is 1.83. The molecule has 1 aliphatic carbocycles. The van der Waals surface area contributed by atoms with Crippen molar-refractivity contribution < 1.29 is 14.4 Å². The van der Waals surface area contributed by atoms with Gasteiger partial charge in [-0.15, -0.1) is 0 Å². The fourth-order valence-electron chi connectivity index (χ4n) is 2.78. The van der Waals surface area contributed by atoms with E-state index in [1.807, 2.05) is 20.8 Å². The molecule has 6 nitrogen and oxygen atoms in total. The minimum absolute atomic E-state index is 0.150. The van der Waals surface area contributed by atoms with Gasteiger partial charge < -0.3 is 14.9 Å². The molecule has 1 saturated carbocycles. The molecule has 0 saturated heterocycles. The Kier molecular flexibility index (Phi) is 4.98. The van der Waals surface area contributed by atoms with Crippen molar-refractivity contribution in [2.45, 2.75) is 58.4 Å². The molecular weight excluding hydrogens is 270 g/mol. The molecule has 0 amide bonds. The number of hydrogen-bond acceptors (Lipinski definition) is 5. The number of hydrogen-bond donors (Lipinski definition) is 2. The zero-order valence-electron chi connectivity index (χ0n) is 13.1. The zero-order valence-corrected chi connectivity index (χ0v) is 13.1. The third-order valence-electron chi connectivity index (χ3n) is 4.03. The highest BCUT2D eigenvalue weighted by Gasteiger charge is 2.30. The molecule has 6 heteroatoms. The van der Waals surface area contributed by atoms with E-state index in [1.54, 1.807) is 0 Å². The summed E-state index contributed by atoms with van der Waals surface area (Å²) in [6.07, 6.45) is 3.90. The van der Waals surface area contributed by atoms with Gasteiger partial charge >= 0.3 is 5.97 Å². The second kappa shape index (κ2) is 6.56. The predicted octanol–water partition coefficient (Wildman–Crippen LogP) is 2.35. The minimum atomic E-state index is -0.670. The van der Waals surface area contributed by atoms with Gasteiger partial charge in [-0.1, -0.05) is 38.8 Å². The van der Waals surface area contributed by atoms with Gasteiger partial charge in [-0.25, -0.2) is 0 Å². The number of rotatable bonds is 5. The van der Waals surface area contributed by atoms with Gasteiger partial charge in [0.05, 0.1) is 12.5 Å². The van der Waals surface area contributed by atoms with Crippen molar-refractivity contribution in [3.8, 4) is 0 Å². The molecule has 1 aromatic heterocycles. The van der Waals surface area contributed by atoms with Crippen LogP contribution in [0.2, 0.25) is 0 Å². The van der Waals surface area contributed by atoms with Crippen LogP contribution in [-0.4, -0.2) is 27.8 Å². The molecule has 2 atom stereocenters. The van der Waals surface area contributed by atoms with Crippen LogP contribution in [-0.2, 0) is 16.8 Å². The van der Waals surface area contributed by atoms with E-state index in [2.05, 4.69) is 15.5 Å². The molecule has 21 heavy (non-hydrogen) atoms. The Labute approximate surface area is 125 Å². The molecule has 1 fully saturated rings.